The van der Waals surface area contributed by atoms with E-state index in [2.05, 4.69) is 5.32 Å². The van der Waals surface area contributed by atoms with Crippen LogP contribution < -0.4 is 5.32 Å². The summed E-state index contributed by atoms with van der Waals surface area (Å²) in [6, 6.07) is 7.03. The minimum Gasteiger partial charge on any atom is -0.293 e. The van der Waals surface area contributed by atoms with Gasteiger partial charge in [-0.05, 0) is 19.1 Å². The fraction of sp³-hybridized carbons (Fsp3) is 0.200. The first kappa shape index (κ1) is 9.45. The van der Waals surface area contributed by atoms with E-state index in [0.29, 0.717) is 5.56 Å². The maximum atomic E-state index is 11.2. The van der Waals surface area contributed by atoms with E-state index in [1.807, 2.05) is 19.1 Å². The van der Waals surface area contributed by atoms with Crippen molar-refractivity contribution in [2.75, 3.05) is 0 Å². The molecule has 0 heterocycles. The van der Waals surface area contributed by atoms with Crippen LogP contribution in [0.1, 0.15) is 22.8 Å². The van der Waals surface area contributed by atoms with E-state index >= 15 is 0 Å². The zero-order chi connectivity index (χ0) is 9.84. The number of amides is 2. The summed E-state index contributed by atoms with van der Waals surface area (Å²) in [5.41, 5.74) is 1.58. The Morgan fingerprint density at radius 2 is 1.69 bits per heavy atom. The Kier molecular flexibility index (Phi) is 2.80. The van der Waals surface area contributed by atoms with Gasteiger partial charge >= 0.3 is 0 Å². The fourth-order valence-corrected chi connectivity index (χ4v) is 0.937. The molecule has 13 heavy (non-hydrogen) atoms. The molecule has 1 rings (SSSR count). The third-order valence-electron chi connectivity index (χ3n) is 1.60. The largest absolute Gasteiger partial charge is 0.293 e. The monoisotopic (exact) mass is 177 g/mol. The van der Waals surface area contributed by atoms with E-state index in [4.69, 9.17) is 0 Å². The SMILES string of the molecule is CC(=O)NC(=O)c1ccc(C)cc1. The smallest absolute Gasteiger partial charge is 0.257 e. The van der Waals surface area contributed by atoms with E-state index < -0.39 is 0 Å². The molecule has 0 aromatic heterocycles. The molecule has 1 N–H and O–H groups in total. The minimum absolute atomic E-state index is 0.342. The highest BCUT2D eigenvalue weighted by Crippen LogP contribution is 2.02. The van der Waals surface area contributed by atoms with Crippen LogP contribution in [0.5, 0.6) is 0 Å². The first-order valence-corrected chi connectivity index (χ1v) is 3.98. The second kappa shape index (κ2) is 3.85. The maximum absolute atomic E-state index is 11.2. The number of carbonyl (C=O) groups is 2. The number of hydrogen-bond acceptors (Lipinski definition) is 2. The zero-order valence-corrected chi connectivity index (χ0v) is 7.63. The number of carbonyl (C=O) groups excluding carboxylic acids is 2. The van der Waals surface area contributed by atoms with Crippen molar-refractivity contribution in [1.29, 1.82) is 0 Å². The van der Waals surface area contributed by atoms with Gasteiger partial charge in [0.15, 0.2) is 0 Å². The molecule has 0 fully saturated rings. The van der Waals surface area contributed by atoms with Crippen LogP contribution in [0.3, 0.4) is 0 Å². The van der Waals surface area contributed by atoms with E-state index in [-0.39, 0.29) is 11.8 Å². The third-order valence-corrected chi connectivity index (χ3v) is 1.60. The summed E-state index contributed by atoms with van der Waals surface area (Å²) in [6.45, 7) is 3.25. The Bertz CT molecular complexity index is 327. The molecule has 1 aromatic carbocycles. The Balaban J connectivity index is 2.78. The molecular formula is C10H11NO2. The van der Waals surface area contributed by atoms with Gasteiger partial charge in [-0.2, -0.15) is 0 Å². The van der Waals surface area contributed by atoms with Crippen molar-refractivity contribution in [3.05, 3.63) is 35.4 Å². The van der Waals surface area contributed by atoms with Gasteiger partial charge in [0.2, 0.25) is 5.91 Å². The highest BCUT2D eigenvalue weighted by Gasteiger charge is 2.05. The number of benzene rings is 1. The molecule has 0 aliphatic carbocycles. The summed E-state index contributed by atoms with van der Waals surface area (Å²) in [6.07, 6.45) is 0. The quantitative estimate of drug-likeness (QED) is 0.702. The summed E-state index contributed by atoms with van der Waals surface area (Å²) in [5.74, 6) is -0.696. The van der Waals surface area contributed by atoms with Gasteiger partial charge < -0.3 is 0 Å². The van der Waals surface area contributed by atoms with Gasteiger partial charge in [-0.3, -0.25) is 14.9 Å². The Labute approximate surface area is 76.8 Å². The van der Waals surface area contributed by atoms with Crippen molar-refractivity contribution in [2.24, 2.45) is 0 Å². The first-order chi connectivity index (χ1) is 6.09. The Hall–Kier alpha value is -1.64. The van der Waals surface area contributed by atoms with Crippen LogP contribution >= 0.6 is 0 Å². The van der Waals surface area contributed by atoms with E-state index in [1.165, 1.54) is 6.92 Å². The van der Waals surface area contributed by atoms with Crippen molar-refractivity contribution >= 4 is 11.8 Å². The highest BCUT2D eigenvalue weighted by atomic mass is 16.2. The Morgan fingerprint density at radius 1 is 1.15 bits per heavy atom. The molecule has 0 unspecified atom stereocenters. The lowest BCUT2D eigenvalue weighted by molar-refractivity contribution is -0.118. The number of rotatable bonds is 1. The average Bonchev–Trinajstić information content (AvgIpc) is 2.04. The molecule has 3 heteroatoms. The van der Waals surface area contributed by atoms with Gasteiger partial charge in [-0.15, -0.1) is 0 Å². The van der Waals surface area contributed by atoms with Crippen molar-refractivity contribution in [3.8, 4) is 0 Å². The topological polar surface area (TPSA) is 46.2 Å². The average molecular weight is 177 g/mol. The molecule has 1 aromatic rings. The van der Waals surface area contributed by atoms with Gasteiger partial charge in [0.05, 0.1) is 0 Å². The van der Waals surface area contributed by atoms with Gasteiger partial charge in [0.25, 0.3) is 5.91 Å². The van der Waals surface area contributed by atoms with Crippen LogP contribution in [0.15, 0.2) is 24.3 Å². The summed E-state index contributed by atoms with van der Waals surface area (Å²) >= 11 is 0. The van der Waals surface area contributed by atoms with Crippen LogP contribution in [0, 0.1) is 6.92 Å². The summed E-state index contributed by atoms with van der Waals surface area (Å²) in [4.78, 5) is 21.8. The number of nitrogens with one attached hydrogen (secondary N) is 1. The molecular weight excluding hydrogens is 166 g/mol. The molecule has 0 atom stereocenters. The van der Waals surface area contributed by atoms with Crippen molar-refractivity contribution < 1.29 is 9.59 Å². The summed E-state index contributed by atoms with van der Waals surface area (Å²) < 4.78 is 0. The van der Waals surface area contributed by atoms with Crippen LogP contribution in [-0.4, -0.2) is 11.8 Å². The number of imide groups is 1. The predicted molar refractivity (Wildman–Crippen MR) is 49.3 cm³/mol. The molecule has 0 spiro atoms. The normalized spacial score (nSPS) is 9.38. The number of hydrogen-bond donors (Lipinski definition) is 1. The van der Waals surface area contributed by atoms with E-state index in [9.17, 15) is 9.59 Å². The number of aryl methyl sites for hydroxylation is 1. The van der Waals surface area contributed by atoms with E-state index in [0.717, 1.165) is 5.56 Å². The third kappa shape index (κ3) is 2.71. The molecule has 0 aliphatic heterocycles. The second-order valence-electron chi connectivity index (χ2n) is 2.88. The Morgan fingerprint density at radius 3 is 2.15 bits per heavy atom. The minimum atomic E-state index is -0.354. The lowest BCUT2D eigenvalue weighted by atomic mass is 10.1. The van der Waals surface area contributed by atoms with Crippen molar-refractivity contribution in [1.82, 2.24) is 5.32 Å². The lowest BCUT2D eigenvalue weighted by Crippen LogP contribution is -2.27. The zero-order valence-electron chi connectivity index (χ0n) is 7.63. The van der Waals surface area contributed by atoms with Crippen LogP contribution in [0.4, 0.5) is 0 Å². The fourth-order valence-electron chi connectivity index (χ4n) is 0.937. The van der Waals surface area contributed by atoms with E-state index in [1.54, 1.807) is 12.1 Å². The van der Waals surface area contributed by atoms with Crippen LogP contribution in [0.25, 0.3) is 0 Å². The molecule has 2 amide bonds. The van der Waals surface area contributed by atoms with Gasteiger partial charge in [-0.1, -0.05) is 17.7 Å². The van der Waals surface area contributed by atoms with Gasteiger partial charge in [-0.25, -0.2) is 0 Å². The van der Waals surface area contributed by atoms with Crippen molar-refractivity contribution in [3.63, 3.8) is 0 Å². The predicted octanol–water partition coefficient (Wildman–Crippen LogP) is 1.27. The summed E-state index contributed by atoms with van der Waals surface area (Å²) in [7, 11) is 0. The van der Waals surface area contributed by atoms with Gasteiger partial charge in [0, 0.05) is 12.5 Å². The molecule has 0 radical (unpaired) electrons. The second-order valence-corrected chi connectivity index (χ2v) is 2.88. The molecule has 3 nitrogen and oxygen atoms in total. The lowest BCUT2D eigenvalue weighted by Gasteiger charge is -2.00. The summed E-state index contributed by atoms with van der Waals surface area (Å²) in [5, 5.41) is 2.20. The molecule has 0 bridgehead atoms. The van der Waals surface area contributed by atoms with Crippen LogP contribution in [-0.2, 0) is 4.79 Å². The van der Waals surface area contributed by atoms with Gasteiger partial charge in [0.1, 0.15) is 0 Å². The molecule has 68 valence electrons. The maximum Gasteiger partial charge on any atom is 0.257 e. The first-order valence-electron chi connectivity index (χ1n) is 3.98. The highest BCUT2D eigenvalue weighted by molar-refractivity contribution is 6.03. The van der Waals surface area contributed by atoms with Crippen molar-refractivity contribution in [2.45, 2.75) is 13.8 Å². The van der Waals surface area contributed by atoms with Crippen LogP contribution in [0.2, 0.25) is 0 Å². The molecule has 0 aliphatic rings. The molecule has 0 saturated heterocycles. The standard InChI is InChI=1S/C10H11NO2/c1-7-3-5-9(6-4-7)10(13)11-8(2)12/h3-6H,1-2H3,(H,11,12,13). The molecule has 0 saturated carbocycles.